The zero-order valence-corrected chi connectivity index (χ0v) is 16.6. The van der Waals surface area contributed by atoms with Crippen LogP contribution in [0.5, 0.6) is 0 Å². The predicted octanol–water partition coefficient (Wildman–Crippen LogP) is 3.59. The Morgan fingerprint density at radius 3 is 2.43 bits per heavy atom. The van der Waals surface area contributed by atoms with Crippen molar-refractivity contribution in [3.05, 3.63) is 88.6 Å². The second kappa shape index (κ2) is 8.75. The minimum Gasteiger partial charge on any atom is -0.368 e. The highest BCUT2D eigenvalue weighted by atomic mass is 35.5. The lowest BCUT2D eigenvalue weighted by atomic mass is 10.1. The van der Waals surface area contributed by atoms with Crippen LogP contribution in [0.1, 0.15) is 26.3 Å². The molecule has 7 nitrogen and oxygen atoms in total. The van der Waals surface area contributed by atoms with E-state index in [-0.39, 0.29) is 11.8 Å². The highest BCUT2D eigenvalue weighted by molar-refractivity contribution is 6.30. The first-order chi connectivity index (χ1) is 14.6. The smallest absolute Gasteiger partial charge is 0.258 e. The van der Waals surface area contributed by atoms with Crippen LogP contribution in [0.25, 0.3) is 0 Å². The number of carbonyl (C=O) groups is 2. The minimum absolute atomic E-state index is 0.312. The number of hydrogen-bond acceptors (Lipinski definition) is 5. The molecule has 1 aliphatic heterocycles. The molecule has 0 bridgehead atoms. The Labute approximate surface area is 178 Å². The molecule has 0 unspecified atom stereocenters. The second-order valence-electron chi connectivity index (χ2n) is 6.55. The van der Waals surface area contributed by atoms with Crippen molar-refractivity contribution in [1.82, 2.24) is 10.3 Å². The number of nitrogens with one attached hydrogen (secondary N) is 3. The van der Waals surface area contributed by atoms with Gasteiger partial charge >= 0.3 is 0 Å². The van der Waals surface area contributed by atoms with Crippen LogP contribution >= 0.6 is 11.6 Å². The molecule has 2 amide bonds. The molecule has 3 N–H and O–H groups in total. The van der Waals surface area contributed by atoms with Gasteiger partial charge < -0.3 is 16.0 Å². The van der Waals surface area contributed by atoms with Crippen LogP contribution in [0.4, 0.5) is 11.5 Å². The van der Waals surface area contributed by atoms with E-state index in [1.165, 1.54) is 6.20 Å². The number of para-hydroxylation sites is 1. The summed E-state index contributed by atoms with van der Waals surface area (Å²) in [5.74, 6) is 0.499. The molecule has 0 radical (unpaired) electrons. The SMILES string of the molecule is O=C(Nc1ccccc1C(=O)Nc1ccc(Cl)cn1)c1ccc(C2=NCCN2)cc1. The van der Waals surface area contributed by atoms with Crippen LogP contribution in [0.15, 0.2) is 71.9 Å². The Morgan fingerprint density at radius 2 is 1.73 bits per heavy atom. The number of hydrogen-bond donors (Lipinski definition) is 3. The summed E-state index contributed by atoms with van der Waals surface area (Å²) >= 11 is 5.82. The largest absolute Gasteiger partial charge is 0.368 e. The van der Waals surface area contributed by atoms with E-state index in [2.05, 4.69) is 25.9 Å². The Balaban J connectivity index is 1.48. The van der Waals surface area contributed by atoms with E-state index in [0.717, 1.165) is 24.5 Å². The number of benzene rings is 2. The van der Waals surface area contributed by atoms with Gasteiger partial charge in [-0.05, 0) is 36.4 Å². The van der Waals surface area contributed by atoms with Crippen LogP contribution in [0.2, 0.25) is 5.02 Å². The Bertz CT molecular complexity index is 1110. The molecule has 0 fully saturated rings. The van der Waals surface area contributed by atoms with Gasteiger partial charge in [-0.2, -0.15) is 0 Å². The number of aliphatic imine (C=N–C) groups is 1. The minimum atomic E-state index is -0.388. The van der Waals surface area contributed by atoms with Gasteiger partial charge in [0.2, 0.25) is 0 Å². The van der Waals surface area contributed by atoms with Crippen LogP contribution in [-0.2, 0) is 0 Å². The van der Waals surface area contributed by atoms with E-state index >= 15 is 0 Å². The van der Waals surface area contributed by atoms with Crippen LogP contribution in [-0.4, -0.2) is 35.7 Å². The average Bonchev–Trinajstić information content (AvgIpc) is 3.31. The van der Waals surface area contributed by atoms with Crippen LogP contribution in [0.3, 0.4) is 0 Å². The number of nitrogens with zero attached hydrogens (tertiary/aromatic N) is 2. The van der Waals surface area contributed by atoms with Gasteiger partial charge in [0.25, 0.3) is 11.8 Å². The Kier molecular flexibility index (Phi) is 5.72. The molecule has 0 spiro atoms. The van der Waals surface area contributed by atoms with E-state index in [0.29, 0.717) is 27.7 Å². The summed E-state index contributed by atoms with van der Waals surface area (Å²) in [6.07, 6.45) is 1.45. The van der Waals surface area contributed by atoms with E-state index in [9.17, 15) is 9.59 Å². The third kappa shape index (κ3) is 4.47. The molecule has 3 aromatic rings. The summed E-state index contributed by atoms with van der Waals surface area (Å²) in [6, 6.07) is 17.2. The van der Waals surface area contributed by atoms with Crippen molar-refractivity contribution in [2.45, 2.75) is 0 Å². The van der Waals surface area contributed by atoms with Gasteiger partial charge in [0, 0.05) is 23.9 Å². The summed E-state index contributed by atoms with van der Waals surface area (Å²) in [6.45, 7) is 1.57. The Morgan fingerprint density at radius 1 is 0.933 bits per heavy atom. The molecule has 1 aliphatic rings. The van der Waals surface area contributed by atoms with Crippen molar-refractivity contribution in [2.75, 3.05) is 23.7 Å². The van der Waals surface area contributed by atoms with Crippen molar-refractivity contribution in [2.24, 2.45) is 4.99 Å². The van der Waals surface area contributed by atoms with E-state index in [1.54, 1.807) is 48.5 Å². The Hall–Kier alpha value is -3.71. The molecule has 2 heterocycles. The number of pyridine rings is 1. The molecule has 0 atom stereocenters. The summed E-state index contributed by atoms with van der Waals surface area (Å²) in [5, 5.41) is 9.17. The standard InChI is InChI=1S/C22H18ClN5O2/c23-16-9-10-19(26-13-16)28-22(30)17-3-1-2-4-18(17)27-21(29)15-7-5-14(6-8-15)20-24-11-12-25-20/h1-10,13H,11-12H2,(H,24,25)(H,27,29)(H,26,28,30). The quantitative estimate of drug-likeness (QED) is 0.589. The van der Waals surface area contributed by atoms with Gasteiger partial charge in [-0.25, -0.2) is 4.98 Å². The molecule has 30 heavy (non-hydrogen) atoms. The molecule has 0 saturated heterocycles. The van der Waals surface area contributed by atoms with Crippen LogP contribution in [0, 0.1) is 0 Å². The fourth-order valence-corrected chi connectivity index (χ4v) is 3.10. The predicted molar refractivity (Wildman–Crippen MR) is 117 cm³/mol. The van der Waals surface area contributed by atoms with Gasteiger partial charge in [-0.1, -0.05) is 35.9 Å². The third-order valence-electron chi connectivity index (χ3n) is 4.48. The van der Waals surface area contributed by atoms with Gasteiger partial charge in [-0.3, -0.25) is 14.6 Å². The summed E-state index contributed by atoms with van der Waals surface area (Å²) in [7, 11) is 0. The number of aromatic nitrogens is 1. The highest BCUT2D eigenvalue weighted by Gasteiger charge is 2.15. The zero-order valence-electron chi connectivity index (χ0n) is 15.9. The van der Waals surface area contributed by atoms with E-state index in [1.807, 2.05) is 12.1 Å². The maximum Gasteiger partial charge on any atom is 0.258 e. The monoisotopic (exact) mass is 419 g/mol. The molecule has 8 heteroatoms. The first-order valence-corrected chi connectivity index (χ1v) is 9.70. The summed E-state index contributed by atoms with van der Waals surface area (Å²) in [4.78, 5) is 33.8. The maximum atomic E-state index is 12.7. The lowest BCUT2D eigenvalue weighted by Crippen LogP contribution is -2.20. The molecular formula is C22H18ClN5O2. The molecule has 150 valence electrons. The van der Waals surface area contributed by atoms with Crippen LogP contribution < -0.4 is 16.0 Å². The summed E-state index contributed by atoms with van der Waals surface area (Å²) in [5.41, 5.74) is 2.13. The average molecular weight is 420 g/mol. The van der Waals surface area contributed by atoms with Crippen molar-refractivity contribution in [3.8, 4) is 0 Å². The first kappa shape index (κ1) is 19.6. The summed E-state index contributed by atoms with van der Waals surface area (Å²) < 4.78 is 0. The topological polar surface area (TPSA) is 95.5 Å². The number of rotatable bonds is 5. The fourth-order valence-electron chi connectivity index (χ4n) is 2.99. The lowest BCUT2D eigenvalue weighted by Gasteiger charge is -2.11. The lowest BCUT2D eigenvalue weighted by molar-refractivity contribution is 0.102. The number of anilines is 2. The number of amides is 2. The first-order valence-electron chi connectivity index (χ1n) is 9.32. The second-order valence-corrected chi connectivity index (χ2v) is 6.99. The van der Waals surface area contributed by atoms with Crippen molar-refractivity contribution in [1.29, 1.82) is 0 Å². The molecule has 4 rings (SSSR count). The number of carbonyl (C=O) groups excluding carboxylic acids is 2. The van der Waals surface area contributed by atoms with Gasteiger partial charge in [0.1, 0.15) is 11.7 Å². The van der Waals surface area contributed by atoms with Gasteiger partial charge in [-0.15, -0.1) is 0 Å². The van der Waals surface area contributed by atoms with Crippen molar-refractivity contribution < 1.29 is 9.59 Å². The van der Waals surface area contributed by atoms with Gasteiger partial charge in [0.05, 0.1) is 22.8 Å². The van der Waals surface area contributed by atoms with Crippen molar-refractivity contribution >= 4 is 40.8 Å². The molecule has 0 aliphatic carbocycles. The van der Waals surface area contributed by atoms with Crippen molar-refractivity contribution in [3.63, 3.8) is 0 Å². The zero-order chi connectivity index (χ0) is 20.9. The highest BCUT2D eigenvalue weighted by Crippen LogP contribution is 2.19. The maximum absolute atomic E-state index is 12.7. The molecule has 1 aromatic heterocycles. The third-order valence-corrected chi connectivity index (χ3v) is 4.71. The van der Waals surface area contributed by atoms with E-state index < -0.39 is 0 Å². The van der Waals surface area contributed by atoms with Gasteiger partial charge in [0.15, 0.2) is 0 Å². The molecule has 2 aromatic carbocycles. The fraction of sp³-hybridized carbons (Fsp3) is 0.0909. The van der Waals surface area contributed by atoms with E-state index in [4.69, 9.17) is 11.6 Å². The molecular weight excluding hydrogens is 402 g/mol. The number of halogens is 1. The molecule has 0 saturated carbocycles. The number of amidine groups is 1. The normalized spacial score (nSPS) is 12.6.